The largest absolute Gasteiger partial charge is 0.375 e. The van der Waals surface area contributed by atoms with Gasteiger partial charge in [-0.15, -0.1) is 6.58 Å². The van der Waals surface area contributed by atoms with Crippen molar-refractivity contribution in [3.8, 4) is 0 Å². The van der Waals surface area contributed by atoms with Gasteiger partial charge in [-0.05, 0) is 17.7 Å². The number of ether oxygens (including phenoxy) is 1. The van der Waals surface area contributed by atoms with E-state index in [-0.39, 0.29) is 0 Å². The third-order valence-electron chi connectivity index (χ3n) is 3.00. The zero-order valence-corrected chi connectivity index (χ0v) is 11.3. The molecule has 2 aromatic carbocycles. The Bertz CT molecular complexity index is 581. The van der Waals surface area contributed by atoms with Crippen LogP contribution in [-0.2, 0) is 4.74 Å². The summed E-state index contributed by atoms with van der Waals surface area (Å²) in [4.78, 5) is 4.57. The molecule has 0 fully saturated rings. The van der Waals surface area contributed by atoms with Gasteiger partial charge in [-0.25, -0.2) is 0 Å². The normalized spacial score (nSPS) is 11.7. The molecule has 0 N–H and O–H groups in total. The van der Waals surface area contributed by atoms with Crippen molar-refractivity contribution in [3.63, 3.8) is 0 Å². The van der Waals surface area contributed by atoms with Gasteiger partial charge in [0.05, 0.1) is 19.8 Å². The fourth-order valence-electron chi connectivity index (χ4n) is 2.07. The fourth-order valence-corrected chi connectivity index (χ4v) is 2.07. The Balaban J connectivity index is 2.14. The van der Waals surface area contributed by atoms with E-state index >= 15 is 0 Å². The van der Waals surface area contributed by atoms with E-state index in [4.69, 9.17) is 4.74 Å². The SMILES string of the molecule is C=CCOCCN=C(C)c1cccc2ccccc12. The molecule has 0 heterocycles. The minimum absolute atomic E-state index is 0.586. The van der Waals surface area contributed by atoms with Gasteiger partial charge in [0.2, 0.25) is 0 Å². The second-order valence-corrected chi connectivity index (χ2v) is 4.36. The highest BCUT2D eigenvalue weighted by molar-refractivity contribution is 6.09. The fraction of sp³-hybridized carbons (Fsp3) is 0.235. The summed E-state index contributed by atoms with van der Waals surface area (Å²) >= 11 is 0. The Morgan fingerprint density at radius 2 is 2.00 bits per heavy atom. The van der Waals surface area contributed by atoms with Crippen molar-refractivity contribution in [3.05, 3.63) is 60.7 Å². The number of hydrogen-bond donors (Lipinski definition) is 0. The molecule has 98 valence electrons. The average molecular weight is 253 g/mol. The van der Waals surface area contributed by atoms with E-state index in [1.165, 1.54) is 16.3 Å². The summed E-state index contributed by atoms with van der Waals surface area (Å²) in [5.74, 6) is 0. The molecule has 2 rings (SSSR count). The van der Waals surface area contributed by atoms with E-state index in [0.717, 1.165) is 5.71 Å². The summed E-state index contributed by atoms with van der Waals surface area (Å²) in [6, 6.07) is 14.7. The number of hydrogen-bond acceptors (Lipinski definition) is 2. The number of benzene rings is 2. The molecule has 2 aromatic rings. The maximum atomic E-state index is 5.33. The molecule has 2 nitrogen and oxygen atoms in total. The number of fused-ring (bicyclic) bond motifs is 1. The lowest BCUT2D eigenvalue weighted by Gasteiger charge is -2.06. The monoisotopic (exact) mass is 253 g/mol. The van der Waals surface area contributed by atoms with Gasteiger partial charge in [0, 0.05) is 11.3 Å². The predicted molar refractivity (Wildman–Crippen MR) is 82.0 cm³/mol. The van der Waals surface area contributed by atoms with E-state index < -0.39 is 0 Å². The molecule has 0 aliphatic carbocycles. The Morgan fingerprint density at radius 3 is 2.84 bits per heavy atom. The molecule has 0 radical (unpaired) electrons. The Kier molecular flexibility index (Phi) is 4.87. The Hall–Kier alpha value is -1.93. The van der Waals surface area contributed by atoms with Crippen molar-refractivity contribution < 1.29 is 4.74 Å². The lowest BCUT2D eigenvalue weighted by Crippen LogP contribution is -2.02. The molecular weight excluding hydrogens is 234 g/mol. The summed E-state index contributed by atoms with van der Waals surface area (Å²) in [6.07, 6.45) is 1.75. The molecule has 0 bridgehead atoms. The third-order valence-corrected chi connectivity index (χ3v) is 3.00. The van der Waals surface area contributed by atoms with Crippen LogP contribution in [0.15, 0.2) is 60.1 Å². The first-order valence-corrected chi connectivity index (χ1v) is 6.51. The van der Waals surface area contributed by atoms with Crippen molar-refractivity contribution in [2.75, 3.05) is 19.8 Å². The van der Waals surface area contributed by atoms with Crippen LogP contribution in [-0.4, -0.2) is 25.5 Å². The van der Waals surface area contributed by atoms with Crippen LogP contribution in [0.3, 0.4) is 0 Å². The smallest absolute Gasteiger partial charge is 0.0666 e. The molecule has 19 heavy (non-hydrogen) atoms. The van der Waals surface area contributed by atoms with Crippen LogP contribution in [0.1, 0.15) is 12.5 Å². The van der Waals surface area contributed by atoms with Crippen LogP contribution in [0.4, 0.5) is 0 Å². The highest BCUT2D eigenvalue weighted by Crippen LogP contribution is 2.19. The molecule has 0 aromatic heterocycles. The molecule has 0 spiro atoms. The van der Waals surface area contributed by atoms with Gasteiger partial charge in [0.1, 0.15) is 0 Å². The quantitative estimate of drug-likeness (QED) is 0.435. The van der Waals surface area contributed by atoms with Gasteiger partial charge in [0.25, 0.3) is 0 Å². The minimum atomic E-state index is 0.586. The topological polar surface area (TPSA) is 21.6 Å². The number of nitrogens with zero attached hydrogens (tertiary/aromatic N) is 1. The van der Waals surface area contributed by atoms with Gasteiger partial charge in [-0.1, -0.05) is 48.5 Å². The Labute approximate surface area is 114 Å². The van der Waals surface area contributed by atoms with Crippen molar-refractivity contribution in [2.24, 2.45) is 4.99 Å². The highest BCUT2D eigenvalue weighted by atomic mass is 16.5. The first-order chi connectivity index (χ1) is 9.33. The molecule has 0 unspecified atom stereocenters. The van der Waals surface area contributed by atoms with E-state index in [2.05, 4.69) is 61.0 Å². The first kappa shape index (κ1) is 13.5. The van der Waals surface area contributed by atoms with E-state index in [9.17, 15) is 0 Å². The van der Waals surface area contributed by atoms with Gasteiger partial charge in [-0.3, -0.25) is 4.99 Å². The lowest BCUT2D eigenvalue weighted by molar-refractivity contribution is 0.171. The Morgan fingerprint density at radius 1 is 1.21 bits per heavy atom. The molecule has 0 atom stereocenters. The van der Waals surface area contributed by atoms with Gasteiger partial charge in [-0.2, -0.15) is 0 Å². The molecule has 0 amide bonds. The van der Waals surface area contributed by atoms with Crippen molar-refractivity contribution >= 4 is 16.5 Å². The average Bonchev–Trinajstić information content (AvgIpc) is 2.46. The third kappa shape index (κ3) is 3.52. The second-order valence-electron chi connectivity index (χ2n) is 4.36. The predicted octanol–water partition coefficient (Wildman–Crippen LogP) is 3.85. The maximum Gasteiger partial charge on any atom is 0.0666 e. The summed E-state index contributed by atoms with van der Waals surface area (Å²) in [6.45, 7) is 7.57. The minimum Gasteiger partial charge on any atom is -0.375 e. The lowest BCUT2D eigenvalue weighted by atomic mass is 10.0. The zero-order chi connectivity index (χ0) is 13.5. The zero-order valence-electron chi connectivity index (χ0n) is 11.3. The summed E-state index contributed by atoms with van der Waals surface area (Å²) in [5, 5.41) is 2.50. The van der Waals surface area contributed by atoms with Crippen LogP contribution in [0.5, 0.6) is 0 Å². The second kappa shape index (κ2) is 6.86. The van der Waals surface area contributed by atoms with Gasteiger partial charge >= 0.3 is 0 Å². The molecule has 0 saturated carbocycles. The highest BCUT2D eigenvalue weighted by Gasteiger charge is 2.02. The van der Waals surface area contributed by atoms with Crippen molar-refractivity contribution in [2.45, 2.75) is 6.92 Å². The van der Waals surface area contributed by atoms with Gasteiger partial charge in [0.15, 0.2) is 0 Å². The van der Waals surface area contributed by atoms with Crippen LogP contribution < -0.4 is 0 Å². The molecular formula is C17H19NO. The molecule has 0 aliphatic heterocycles. The van der Waals surface area contributed by atoms with Crippen molar-refractivity contribution in [1.29, 1.82) is 0 Å². The van der Waals surface area contributed by atoms with E-state index in [1.807, 2.05) is 0 Å². The maximum absolute atomic E-state index is 5.33. The van der Waals surface area contributed by atoms with Gasteiger partial charge < -0.3 is 4.74 Å². The summed E-state index contributed by atoms with van der Waals surface area (Å²) in [7, 11) is 0. The molecule has 2 heteroatoms. The van der Waals surface area contributed by atoms with Crippen LogP contribution >= 0.6 is 0 Å². The first-order valence-electron chi connectivity index (χ1n) is 6.51. The van der Waals surface area contributed by atoms with Crippen LogP contribution in [0, 0.1) is 0 Å². The van der Waals surface area contributed by atoms with E-state index in [1.54, 1.807) is 6.08 Å². The molecule has 0 aliphatic rings. The number of rotatable bonds is 6. The van der Waals surface area contributed by atoms with Crippen LogP contribution in [0.25, 0.3) is 10.8 Å². The summed E-state index contributed by atoms with van der Waals surface area (Å²) in [5.41, 5.74) is 2.25. The standard InChI is InChI=1S/C17H19NO/c1-3-12-19-13-11-18-14(2)16-10-6-8-15-7-4-5-9-17(15)16/h3-10H,1,11-13H2,2H3. The number of aliphatic imine (C=N–C) groups is 1. The van der Waals surface area contributed by atoms with Crippen LogP contribution in [0.2, 0.25) is 0 Å². The summed E-state index contributed by atoms with van der Waals surface area (Å²) < 4.78 is 5.33. The molecule has 0 saturated heterocycles. The van der Waals surface area contributed by atoms with Crippen molar-refractivity contribution in [1.82, 2.24) is 0 Å². The van der Waals surface area contributed by atoms with E-state index in [0.29, 0.717) is 19.8 Å².